The molecule has 0 aliphatic rings. The predicted molar refractivity (Wildman–Crippen MR) is 65.1 cm³/mol. The predicted octanol–water partition coefficient (Wildman–Crippen LogP) is 3.46. The fourth-order valence-corrected chi connectivity index (χ4v) is 2.73. The molecule has 0 aliphatic heterocycles. The molecule has 0 spiro atoms. The van der Waals surface area contributed by atoms with Crippen molar-refractivity contribution in [2.45, 2.75) is 19.8 Å². The minimum absolute atomic E-state index is 0.250. The van der Waals surface area contributed by atoms with Crippen molar-refractivity contribution in [3.05, 3.63) is 46.0 Å². The molecule has 1 heterocycles. The van der Waals surface area contributed by atoms with Gasteiger partial charge in [-0.1, -0.05) is 19.1 Å². The zero-order valence-electron chi connectivity index (χ0n) is 9.50. The molecule has 1 aromatic heterocycles. The van der Waals surface area contributed by atoms with Crippen LogP contribution in [0.3, 0.4) is 0 Å². The summed E-state index contributed by atoms with van der Waals surface area (Å²) in [6.45, 7) is 3.63. The lowest BCUT2D eigenvalue weighted by Crippen LogP contribution is -2.01. The topological polar surface area (TPSA) is 38.9 Å². The van der Waals surface area contributed by atoms with Gasteiger partial charge in [0.2, 0.25) is 0 Å². The molecule has 5 heteroatoms. The first-order valence-corrected chi connectivity index (χ1v) is 5.99. The Labute approximate surface area is 102 Å². The average molecular weight is 254 g/mol. The van der Waals surface area contributed by atoms with Crippen LogP contribution in [0.5, 0.6) is 0 Å². The van der Waals surface area contributed by atoms with Crippen molar-refractivity contribution >= 4 is 16.5 Å². The Hall–Kier alpha value is -1.49. The first kappa shape index (κ1) is 12.0. The fourth-order valence-electron chi connectivity index (χ4n) is 1.83. The minimum atomic E-state index is -0.829. The maximum atomic E-state index is 13.7. The molecule has 90 valence electrons. The Morgan fingerprint density at radius 2 is 2.06 bits per heavy atom. The molecule has 1 atom stereocenters. The van der Waals surface area contributed by atoms with E-state index in [9.17, 15) is 8.78 Å². The number of anilines is 1. The zero-order valence-corrected chi connectivity index (χ0v) is 10.3. The monoisotopic (exact) mass is 254 g/mol. The first-order valence-electron chi connectivity index (χ1n) is 5.17. The number of aryl methyl sites for hydroxylation is 1. The third-order valence-electron chi connectivity index (χ3n) is 2.69. The number of nitrogens with zero attached hydrogens (tertiary/aromatic N) is 1. The van der Waals surface area contributed by atoms with E-state index in [2.05, 4.69) is 4.98 Å². The smallest absolute Gasteiger partial charge is 0.180 e. The lowest BCUT2D eigenvalue weighted by Gasteiger charge is -2.11. The summed E-state index contributed by atoms with van der Waals surface area (Å²) >= 11 is 1.31. The SMILES string of the molecule is Cc1nc(N)sc1C(C)c1cccc(F)c1F. The molecule has 1 unspecified atom stereocenters. The normalized spacial score (nSPS) is 12.7. The highest BCUT2D eigenvalue weighted by atomic mass is 32.1. The van der Waals surface area contributed by atoms with Gasteiger partial charge in [-0.25, -0.2) is 13.8 Å². The van der Waals surface area contributed by atoms with E-state index in [1.165, 1.54) is 17.4 Å². The fraction of sp³-hybridized carbons (Fsp3) is 0.250. The van der Waals surface area contributed by atoms with E-state index in [0.717, 1.165) is 16.6 Å². The molecule has 0 amide bonds. The Morgan fingerprint density at radius 1 is 1.35 bits per heavy atom. The van der Waals surface area contributed by atoms with E-state index in [0.29, 0.717) is 10.7 Å². The van der Waals surface area contributed by atoms with Crippen LogP contribution in [0.2, 0.25) is 0 Å². The van der Waals surface area contributed by atoms with E-state index in [4.69, 9.17) is 5.73 Å². The van der Waals surface area contributed by atoms with Crippen LogP contribution in [0.4, 0.5) is 13.9 Å². The van der Waals surface area contributed by atoms with Crippen LogP contribution in [0.15, 0.2) is 18.2 Å². The van der Waals surface area contributed by atoms with Crippen molar-refractivity contribution in [1.29, 1.82) is 0 Å². The van der Waals surface area contributed by atoms with Gasteiger partial charge >= 0.3 is 0 Å². The largest absolute Gasteiger partial charge is 0.375 e. The maximum Gasteiger partial charge on any atom is 0.180 e. The van der Waals surface area contributed by atoms with Gasteiger partial charge in [0, 0.05) is 10.8 Å². The van der Waals surface area contributed by atoms with Crippen molar-refractivity contribution in [3.63, 3.8) is 0 Å². The van der Waals surface area contributed by atoms with Gasteiger partial charge in [0.25, 0.3) is 0 Å². The highest BCUT2D eigenvalue weighted by Gasteiger charge is 2.20. The van der Waals surface area contributed by atoms with Gasteiger partial charge in [-0.15, -0.1) is 11.3 Å². The maximum absolute atomic E-state index is 13.7. The van der Waals surface area contributed by atoms with Gasteiger partial charge in [-0.2, -0.15) is 0 Å². The summed E-state index contributed by atoms with van der Waals surface area (Å²) in [7, 11) is 0. The van der Waals surface area contributed by atoms with Crippen LogP contribution in [0.25, 0.3) is 0 Å². The van der Waals surface area contributed by atoms with Gasteiger partial charge in [0.15, 0.2) is 16.8 Å². The Bertz CT molecular complexity index is 551. The number of nitrogens with two attached hydrogens (primary N) is 1. The molecule has 2 rings (SSSR count). The zero-order chi connectivity index (χ0) is 12.6. The van der Waals surface area contributed by atoms with Crippen LogP contribution < -0.4 is 5.73 Å². The average Bonchev–Trinajstić information content (AvgIpc) is 2.61. The van der Waals surface area contributed by atoms with E-state index in [1.54, 1.807) is 6.07 Å². The Morgan fingerprint density at radius 3 is 2.65 bits per heavy atom. The van der Waals surface area contributed by atoms with Gasteiger partial charge in [0.1, 0.15) is 0 Å². The second-order valence-corrected chi connectivity index (χ2v) is 4.93. The molecule has 2 aromatic rings. The molecule has 0 fully saturated rings. The van der Waals surface area contributed by atoms with E-state index in [1.807, 2.05) is 13.8 Å². The van der Waals surface area contributed by atoms with Crippen molar-refractivity contribution in [2.24, 2.45) is 0 Å². The Balaban J connectivity index is 2.47. The molecule has 2 nitrogen and oxygen atoms in total. The van der Waals surface area contributed by atoms with Crippen LogP contribution in [0.1, 0.15) is 29.0 Å². The molecule has 17 heavy (non-hydrogen) atoms. The third-order valence-corrected chi connectivity index (χ3v) is 3.86. The van der Waals surface area contributed by atoms with E-state index >= 15 is 0 Å². The number of halogens is 2. The molecule has 1 aromatic carbocycles. The van der Waals surface area contributed by atoms with Crippen molar-refractivity contribution < 1.29 is 8.78 Å². The number of hydrogen-bond donors (Lipinski definition) is 1. The quantitative estimate of drug-likeness (QED) is 0.891. The molecule has 0 saturated heterocycles. The second-order valence-electron chi connectivity index (χ2n) is 3.87. The van der Waals surface area contributed by atoms with E-state index < -0.39 is 11.6 Å². The van der Waals surface area contributed by atoms with Crippen molar-refractivity contribution in [2.75, 3.05) is 5.73 Å². The van der Waals surface area contributed by atoms with Crippen molar-refractivity contribution in [3.8, 4) is 0 Å². The second kappa shape index (κ2) is 4.41. The van der Waals surface area contributed by atoms with E-state index in [-0.39, 0.29) is 5.92 Å². The number of thiazole rings is 1. The number of hydrogen-bond acceptors (Lipinski definition) is 3. The summed E-state index contributed by atoms with van der Waals surface area (Å²) in [5.41, 5.74) is 6.70. The Kier molecular flexibility index (Phi) is 3.11. The number of rotatable bonds is 2. The number of benzene rings is 1. The van der Waals surface area contributed by atoms with Crippen LogP contribution in [-0.2, 0) is 0 Å². The van der Waals surface area contributed by atoms with Gasteiger partial charge in [-0.3, -0.25) is 0 Å². The first-order chi connectivity index (χ1) is 8.00. The molecule has 0 bridgehead atoms. The lowest BCUT2D eigenvalue weighted by atomic mass is 9.98. The van der Waals surface area contributed by atoms with Gasteiger partial charge in [0.05, 0.1) is 5.69 Å². The third kappa shape index (κ3) is 2.15. The summed E-state index contributed by atoms with van der Waals surface area (Å²) in [4.78, 5) is 4.96. The van der Waals surface area contributed by atoms with Gasteiger partial charge < -0.3 is 5.73 Å². The molecular weight excluding hydrogens is 242 g/mol. The summed E-state index contributed by atoms with van der Waals surface area (Å²) in [5.74, 6) is -1.88. The summed E-state index contributed by atoms with van der Waals surface area (Å²) in [6, 6.07) is 4.20. The highest BCUT2D eigenvalue weighted by molar-refractivity contribution is 7.15. The summed E-state index contributed by atoms with van der Waals surface area (Å²) in [6.07, 6.45) is 0. The van der Waals surface area contributed by atoms with Crippen molar-refractivity contribution in [1.82, 2.24) is 4.98 Å². The molecular formula is C12H12F2N2S. The molecule has 0 aliphatic carbocycles. The highest BCUT2D eigenvalue weighted by Crippen LogP contribution is 2.34. The van der Waals surface area contributed by atoms with Crippen LogP contribution in [-0.4, -0.2) is 4.98 Å². The minimum Gasteiger partial charge on any atom is -0.375 e. The molecule has 0 radical (unpaired) electrons. The number of aromatic nitrogens is 1. The summed E-state index contributed by atoms with van der Waals surface area (Å²) in [5, 5.41) is 0.446. The number of nitrogen functional groups attached to an aromatic ring is 1. The molecule has 2 N–H and O–H groups in total. The lowest BCUT2D eigenvalue weighted by molar-refractivity contribution is 0.496. The van der Waals surface area contributed by atoms with Crippen LogP contribution >= 0.6 is 11.3 Å². The standard InChI is InChI=1S/C12H12F2N2S/c1-6(11-7(2)16-12(15)17-11)8-4-3-5-9(13)10(8)14/h3-6H,1-2H3,(H2,15,16). The van der Waals surface area contributed by atoms with Gasteiger partial charge in [-0.05, 0) is 18.6 Å². The molecule has 0 saturated carbocycles. The summed E-state index contributed by atoms with van der Waals surface area (Å²) < 4.78 is 26.8. The van der Waals surface area contributed by atoms with Crippen LogP contribution in [0, 0.1) is 18.6 Å².